The number of para-hydroxylation sites is 1. The van der Waals surface area contributed by atoms with Crippen LogP contribution in [0.4, 0.5) is 5.69 Å². The van der Waals surface area contributed by atoms with E-state index in [9.17, 15) is 9.59 Å². The van der Waals surface area contributed by atoms with E-state index in [0.717, 1.165) is 24.1 Å². The SMILES string of the molecule is Cc1ccccc1NCN1C(=O)[C@H]2CC[C@@](C)(C1=O)C2(C)C. The number of nitrogens with zero attached hydrogens (tertiary/aromatic N) is 1. The lowest BCUT2D eigenvalue weighted by atomic mass is 9.62. The van der Waals surface area contributed by atoms with Crippen molar-refractivity contribution in [2.24, 2.45) is 16.7 Å². The first kappa shape index (κ1) is 15.1. The lowest BCUT2D eigenvalue weighted by Gasteiger charge is -2.47. The fraction of sp³-hybridized carbons (Fsp3) is 0.556. The van der Waals surface area contributed by atoms with Crippen molar-refractivity contribution in [3.05, 3.63) is 29.8 Å². The summed E-state index contributed by atoms with van der Waals surface area (Å²) >= 11 is 0. The molecular weight excluding hydrogens is 276 g/mol. The Kier molecular flexibility index (Phi) is 3.31. The molecule has 0 spiro atoms. The molecule has 22 heavy (non-hydrogen) atoms. The summed E-state index contributed by atoms with van der Waals surface area (Å²) in [5, 5.41) is 3.24. The Morgan fingerprint density at radius 2 is 1.91 bits per heavy atom. The van der Waals surface area contributed by atoms with Crippen molar-refractivity contribution in [2.45, 2.75) is 40.5 Å². The van der Waals surface area contributed by atoms with E-state index in [1.54, 1.807) is 0 Å². The van der Waals surface area contributed by atoms with Crippen LogP contribution in [0.2, 0.25) is 0 Å². The lowest BCUT2D eigenvalue weighted by Crippen LogP contribution is -2.60. The van der Waals surface area contributed by atoms with Crippen LogP contribution in [0.25, 0.3) is 0 Å². The molecule has 1 aromatic rings. The van der Waals surface area contributed by atoms with Crippen molar-refractivity contribution in [3.8, 4) is 0 Å². The van der Waals surface area contributed by atoms with Crippen molar-refractivity contribution < 1.29 is 9.59 Å². The van der Waals surface area contributed by atoms with E-state index in [4.69, 9.17) is 0 Å². The zero-order chi connectivity index (χ0) is 16.1. The molecule has 1 aliphatic carbocycles. The van der Waals surface area contributed by atoms with E-state index in [1.165, 1.54) is 4.90 Å². The van der Waals surface area contributed by atoms with Gasteiger partial charge in [-0.15, -0.1) is 0 Å². The molecule has 2 amide bonds. The molecule has 2 bridgehead atoms. The Hall–Kier alpha value is -1.84. The Labute approximate surface area is 131 Å². The molecule has 118 valence electrons. The summed E-state index contributed by atoms with van der Waals surface area (Å²) in [5.74, 6) is -0.0998. The number of carbonyl (C=O) groups excluding carboxylic acids is 2. The van der Waals surface area contributed by atoms with Gasteiger partial charge in [-0.25, -0.2) is 0 Å². The van der Waals surface area contributed by atoms with Crippen molar-refractivity contribution >= 4 is 17.5 Å². The summed E-state index contributed by atoms with van der Waals surface area (Å²) in [6.45, 7) is 8.41. The summed E-state index contributed by atoms with van der Waals surface area (Å²) in [5.41, 5.74) is 1.39. The second-order valence-corrected chi connectivity index (χ2v) is 7.37. The van der Waals surface area contributed by atoms with E-state index < -0.39 is 5.41 Å². The van der Waals surface area contributed by atoms with E-state index in [0.29, 0.717) is 0 Å². The van der Waals surface area contributed by atoms with Crippen LogP contribution >= 0.6 is 0 Å². The lowest BCUT2D eigenvalue weighted by molar-refractivity contribution is -0.167. The van der Waals surface area contributed by atoms with Crippen LogP contribution in [0.5, 0.6) is 0 Å². The Bertz CT molecular complexity index is 638. The number of rotatable bonds is 3. The first-order chi connectivity index (χ1) is 10.3. The summed E-state index contributed by atoms with van der Waals surface area (Å²) in [7, 11) is 0. The van der Waals surface area contributed by atoms with E-state index in [1.807, 2.05) is 38.1 Å². The quantitative estimate of drug-likeness (QED) is 0.872. The van der Waals surface area contributed by atoms with Crippen LogP contribution < -0.4 is 5.32 Å². The molecule has 2 atom stereocenters. The molecule has 4 nitrogen and oxygen atoms in total. The van der Waals surface area contributed by atoms with Crippen LogP contribution in [0.15, 0.2) is 24.3 Å². The van der Waals surface area contributed by atoms with E-state index in [2.05, 4.69) is 19.2 Å². The highest BCUT2D eigenvalue weighted by Gasteiger charge is 2.64. The third-order valence-electron chi connectivity index (χ3n) is 6.08. The van der Waals surface area contributed by atoms with Gasteiger partial charge in [0, 0.05) is 11.6 Å². The molecule has 1 heterocycles. The van der Waals surface area contributed by atoms with E-state index >= 15 is 0 Å². The molecule has 2 aliphatic rings. The molecule has 4 heteroatoms. The number of aryl methyl sites for hydroxylation is 1. The normalized spacial score (nSPS) is 29.8. The largest absolute Gasteiger partial charge is 0.367 e. The average molecular weight is 300 g/mol. The third kappa shape index (κ3) is 1.89. The smallest absolute Gasteiger partial charge is 0.237 e. The minimum atomic E-state index is -0.432. The molecule has 1 aliphatic heterocycles. The highest BCUT2D eigenvalue weighted by Crippen LogP contribution is 2.59. The number of nitrogens with one attached hydrogen (secondary N) is 1. The molecule has 0 radical (unpaired) electrons. The van der Waals surface area contributed by atoms with Gasteiger partial charge in [0.25, 0.3) is 0 Å². The van der Waals surface area contributed by atoms with Gasteiger partial charge >= 0.3 is 0 Å². The van der Waals surface area contributed by atoms with E-state index in [-0.39, 0.29) is 29.8 Å². The highest BCUT2D eigenvalue weighted by atomic mass is 16.2. The molecule has 2 fully saturated rings. The van der Waals surface area contributed by atoms with Gasteiger partial charge in [-0.1, -0.05) is 39.0 Å². The molecule has 0 unspecified atom stereocenters. The minimum absolute atomic E-state index is 0.0222. The predicted molar refractivity (Wildman–Crippen MR) is 86.1 cm³/mol. The van der Waals surface area contributed by atoms with Gasteiger partial charge in [0.15, 0.2) is 0 Å². The van der Waals surface area contributed by atoms with Crippen LogP contribution in [-0.4, -0.2) is 23.4 Å². The number of anilines is 1. The molecular formula is C18H24N2O2. The molecule has 1 saturated carbocycles. The first-order valence-electron chi connectivity index (χ1n) is 7.94. The minimum Gasteiger partial charge on any atom is -0.367 e. The van der Waals surface area contributed by atoms with Gasteiger partial charge in [-0.3, -0.25) is 14.5 Å². The van der Waals surface area contributed by atoms with Crippen LogP contribution in [0.1, 0.15) is 39.2 Å². The number of imide groups is 1. The maximum absolute atomic E-state index is 12.9. The third-order valence-corrected chi connectivity index (χ3v) is 6.08. The summed E-state index contributed by atoms with van der Waals surface area (Å²) in [6, 6.07) is 7.90. The Morgan fingerprint density at radius 3 is 2.59 bits per heavy atom. The maximum atomic E-state index is 12.9. The second kappa shape index (κ2) is 4.83. The molecule has 1 saturated heterocycles. The van der Waals surface area contributed by atoms with Gasteiger partial charge in [-0.2, -0.15) is 0 Å². The fourth-order valence-electron chi connectivity index (χ4n) is 3.99. The van der Waals surface area contributed by atoms with Gasteiger partial charge in [0.1, 0.15) is 0 Å². The molecule has 3 rings (SSSR count). The molecule has 0 aromatic heterocycles. The molecule has 1 N–H and O–H groups in total. The van der Waals surface area contributed by atoms with Gasteiger partial charge in [0.05, 0.1) is 12.1 Å². The zero-order valence-corrected chi connectivity index (χ0v) is 13.8. The van der Waals surface area contributed by atoms with Crippen LogP contribution in [-0.2, 0) is 9.59 Å². The summed E-state index contributed by atoms with van der Waals surface area (Å²) in [6.07, 6.45) is 1.62. The fourth-order valence-corrected chi connectivity index (χ4v) is 3.99. The number of piperidine rings is 1. The summed E-state index contributed by atoms with van der Waals surface area (Å²) < 4.78 is 0. The average Bonchev–Trinajstić information content (AvgIpc) is 2.65. The number of likely N-dealkylation sites (tertiary alicyclic amines) is 1. The Balaban J connectivity index is 1.83. The van der Waals surface area contributed by atoms with Crippen LogP contribution in [0, 0.1) is 23.7 Å². The summed E-state index contributed by atoms with van der Waals surface area (Å²) in [4.78, 5) is 27.1. The van der Waals surface area contributed by atoms with Crippen molar-refractivity contribution in [3.63, 3.8) is 0 Å². The highest BCUT2D eigenvalue weighted by molar-refractivity contribution is 6.04. The topological polar surface area (TPSA) is 49.4 Å². The van der Waals surface area contributed by atoms with Gasteiger partial charge < -0.3 is 5.32 Å². The van der Waals surface area contributed by atoms with Crippen LogP contribution in [0.3, 0.4) is 0 Å². The number of hydrogen-bond acceptors (Lipinski definition) is 3. The monoisotopic (exact) mass is 300 g/mol. The van der Waals surface area contributed by atoms with Crippen molar-refractivity contribution in [1.82, 2.24) is 4.90 Å². The number of carbonyl (C=O) groups is 2. The Morgan fingerprint density at radius 1 is 1.23 bits per heavy atom. The first-order valence-corrected chi connectivity index (χ1v) is 7.94. The maximum Gasteiger partial charge on any atom is 0.237 e. The van der Waals surface area contributed by atoms with Gasteiger partial charge in [-0.05, 0) is 36.8 Å². The molecule has 1 aromatic carbocycles. The number of amides is 2. The van der Waals surface area contributed by atoms with Gasteiger partial charge in [0.2, 0.25) is 11.8 Å². The van der Waals surface area contributed by atoms with Crippen molar-refractivity contribution in [2.75, 3.05) is 12.0 Å². The zero-order valence-electron chi connectivity index (χ0n) is 13.8. The number of benzene rings is 1. The predicted octanol–water partition coefficient (Wildman–Crippen LogP) is 3.18. The van der Waals surface area contributed by atoms with Crippen molar-refractivity contribution in [1.29, 1.82) is 0 Å². The second-order valence-electron chi connectivity index (χ2n) is 7.37. The number of fused-ring (bicyclic) bond motifs is 2. The number of hydrogen-bond donors (Lipinski definition) is 1. The standard InChI is InChI=1S/C18H24N2O2/c1-12-7-5-6-8-14(12)19-11-20-15(21)13-9-10-18(4,16(20)22)17(13,2)3/h5-8,13,19H,9-11H2,1-4H3/t13-,18+/m1/s1.